The summed E-state index contributed by atoms with van der Waals surface area (Å²) >= 11 is 0. The molecule has 2 heterocycles. The minimum absolute atomic E-state index is 0.220. The zero-order chi connectivity index (χ0) is 18.7. The molecule has 26 heavy (non-hydrogen) atoms. The second kappa shape index (κ2) is 7.57. The number of ether oxygens (including phenoxy) is 1. The van der Waals surface area contributed by atoms with E-state index in [9.17, 15) is 9.90 Å². The first kappa shape index (κ1) is 18.6. The van der Waals surface area contributed by atoms with Crippen molar-refractivity contribution < 1.29 is 19.2 Å². The smallest absolute Gasteiger partial charge is 0.261 e. The van der Waals surface area contributed by atoms with Crippen LogP contribution in [0.5, 0.6) is 0 Å². The molecule has 0 aliphatic carbocycles. The van der Waals surface area contributed by atoms with Gasteiger partial charge in [0.25, 0.3) is 5.91 Å². The van der Waals surface area contributed by atoms with Gasteiger partial charge in [-0.05, 0) is 37.5 Å². The predicted octanol–water partition coefficient (Wildman–Crippen LogP) is 2.20. The molecular weight excluding hydrogens is 334 g/mol. The van der Waals surface area contributed by atoms with Crippen molar-refractivity contribution in [3.63, 3.8) is 0 Å². The van der Waals surface area contributed by atoms with Gasteiger partial charge in [-0.3, -0.25) is 9.69 Å². The fourth-order valence-corrected chi connectivity index (χ4v) is 3.34. The number of benzene rings is 1. The van der Waals surface area contributed by atoms with Gasteiger partial charge in [0.2, 0.25) is 0 Å². The fraction of sp³-hybridized carbons (Fsp3) is 0.474. The number of rotatable bonds is 6. The lowest BCUT2D eigenvalue weighted by molar-refractivity contribution is 0.0318. The molecule has 2 N–H and O–H groups in total. The third-order valence-corrected chi connectivity index (χ3v) is 4.37. The first-order valence-electron chi connectivity index (χ1n) is 8.66. The van der Waals surface area contributed by atoms with Crippen LogP contribution in [0.1, 0.15) is 41.0 Å². The number of carbonyl (C=O) groups excluding carboxylic acids is 1. The number of carbonyl (C=O) groups is 1. The number of anilines is 1. The van der Waals surface area contributed by atoms with Gasteiger partial charge >= 0.3 is 0 Å². The van der Waals surface area contributed by atoms with Crippen LogP contribution in [0.25, 0.3) is 0 Å². The summed E-state index contributed by atoms with van der Waals surface area (Å²) in [5, 5.41) is 16.8. The van der Waals surface area contributed by atoms with Crippen molar-refractivity contribution in [3.8, 4) is 0 Å². The molecule has 1 amide bonds. The Hall–Kier alpha value is -2.22. The van der Waals surface area contributed by atoms with E-state index in [1.807, 2.05) is 26.0 Å². The molecule has 1 aliphatic rings. The van der Waals surface area contributed by atoms with E-state index < -0.39 is 5.60 Å². The maximum absolute atomic E-state index is 12.6. The Kier molecular flexibility index (Phi) is 5.41. The molecule has 0 atom stereocenters. The molecule has 0 radical (unpaired) electrons. The number of aromatic nitrogens is 1. The molecule has 0 bridgehead atoms. The summed E-state index contributed by atoms with van der Waals surface area (Å²) in [6, 6.07) is 5.91. The standard InChI is InChI=1S/C19H25N3O4/c1-19(2,24)12-22-8-7-14-13(9-22)5-4-6-16(14)20-18(23)15-10-26-21-17(15)11-25-3/h4-6,10,24H,7-9,11-12H2,1-3H3,(H,20,23). The topological polar surface area (TPSA) is 87.8 Å². The van der Waals surface area contributed by atoms with Gasteiger partial charge in [0, 0.05) is 32.4 Å². The van der Waals surface area contributed by atoms with E-state index in [0.29, 0.717) is 17.8 Å². The second-order valence-electron chi connectivity index (χ2n) is 7.28. The number of fused-ring (bicyclic) bond motifs is 1. The number of methoxy groups -OCH3 is 1. The van der Waals surface area contributed by atoms with E-state index in [1.165, 1.54) is 11.8 Å². The summed E-state index contributed by atoms with van der Waals surface area (Å²) in [6.07, 6.45) is 2.15. The Morgan fingerprint density at radius 1 is 1.46 bits per heavy atom. The summed E-state index contributed by atoms with van der Waals surface area (Å²) in [6.45, 7) is 6.06. The van der Waals surface area contributed by atoms with Gasteiger partial charge in [0.15, 0.2) is 0 Å². The number of amides is 1. The van der Waals surface area contributed by atoms with E-state index in [1.54, 1.807) is 7.11 Å². The van der Waals surface area contributed by atoms with E-state index in [0.717, 1.165) is 30.8 Å². The van der Waals surface area contributed by atoms with Gasteiger partial charge in [-0.25, -0.2) is 0 Å². The van der Waals surface area contributed by atoms with Crippen molar-refractivity contribution in [3.05, 3.63) is 46.8 Å². The number of nitrogens with one attached hydrogen (secondary N) is 1. The Balaban J connectivity index is 1.76. The molecule has 2 aromatic rings. The zero-order valence-corrected chi connectivity index (χ0v) is 15.4. The van der Waals surface area contributed by atoms with Crippen LogP contribution in [-0.4, -0.2) is 46.9 Å². The van der Waals surface area contributed by atoms with Crippen molar-refractivity contribution in [2.45, 2.75) is 39.0 Å². The largest absolute Gasteiger partial charge is 0.389 e. The van der Waals surface area contributed by atoms with Gasteiger partial charge in [-0.1, -0.05) is 17.3 Å². The van der Waals surface area contributed by atoms with Crippen LogP contribution in [-0.2, 0) is 24.3 Å². The first-order chi connectivity index (χ1) is 12.4. The Bertz CT molecular complexity index is 779. The number of β-amino-alcohol motifs (C(OH)–C–C–N with tert-alkyl or cyclic N) is 1. The predicted molar refractivity (Wildman–Crippen MR) is 96.9 cm³/mol. The number of aliphatic hydroxyl groups is 1. The third-order valence-electron chi connectivity index (χ3n) is 4.37. The van der Waals surface area contributed by atoms with Crippen molar-refractivity contribution in [1.29, 1.82) is 0 Å². The minimum Gasteiger partial charge on any atom is -0.389 e. The maximum Gasteiger partial charge on any atom is 0.261 e. The number of nitrogens with zero attached hydrogens (tertiary/aromatic N) is 2. The summed E-state index contributed by atoms with van der Waals surface area (Å²) in [5.74, 6) is -0.259. The molecule has 7 nitrogen and oxygen atoms in total. The van der Waals surface area contributed by atoms with Crippen molar-refractivity contribution in [2.75, 3.05) is 25.5 Å². The second-order valence-corrected chi connectivity index (χ2v) is 7.28. The van der Waals surface area contributed by atoms with Crippen LogP contribution < -0.4 is 5.32 Å². The highest BCUT2D eigenvalue weighted by atomic mass is 16.5. The van der Waals surface area contributed by atoms with E-state index in [2.05, 4.69) is 21.4 Å². The average Bonchev–Trinajstić information content (AvgIpc) is 3.02. The van der Waals surface area contributed by atoms with Crippen LogP contribution in [0.15, 0.2) is 29.0 Å². The van der Waals surface area contributed by atoms with Crippen LogP contribution >= 0.6 is 0 Å². The monoisotopic (exact) mass is 359 g/mol. The Labute approximate surface area is 152 Å². The van der Waals surface area contributed by atoms with Crippen LogP contribution in [0.2, 0.25) is 0 Å². The van der Waals surface area contributed by atoms with Crippen LogP contribution in [0.3, 0.4) is 0 Å². The average molecular weight is 359 g/mol. The quantitative estimate of drug-likeness (QED) is 0.822. The first-order valence-corrected chi connectivity index (χ1v) is 8.66. The molecule has 0 saturated carbocycles. The normalized spacial score (nSPS) is 14.9. The lowest BCUT2D eigenvalue weighted by Crippen LogP contribution is -2.41. The molecule has 1 aliphatic heterocycles. The maximum atomic E-state index is 12.6. The molecule has 0 fully saturated rings. The van der Waals surface area contributed by atoms with E-state index in [-0.39, 0.29) is 12.5 Å². The fourth-order valence-electron chi connectivity index (χ4n) is 3.34. The number of hydrogen-bond donors (Lipinski definition) is 2. The molecule has 7 heteroatoms. The van der Waals surface area contributed by atoms with Gasteiger partial charge in [-0.2, -0.15) is 0 Å². The van der Waals surface area contributed by atoms with Crippen LogP contribution in [0, 0.1) is 0 Å². The molecule has 0 unspecified atom stereocenters. The van der Waals surface area contributed by atoms with Crippen molar-refractivity contribution in [2.24, 2.45) is 0 Å². The minimum atomic E-state index is -0.727. The highest BCUT2D eigenvalue weighted by Gasteiger charge is 2.24. The van der Waals surface area contributed by atoms with Crippen LogP contribution in [0.4, 0.5) is 5.69 Å². The highest BCUT2D eigenvalue weighted by Crippen LogP contribution is 2.27. The van der Waals surface area contributed by atoms with Gasteiger partial charge in [0.1, 0.15) is 17.5 Å². The SMILES string of the molecule is COCc1nocc1C(=O)Nc1cccc2c1CCN(CC(C)(C)O)C2. The molecule has 140 valence electrons. The van der Waals surface area contributed by atoms with Crippen molar-refractivity contribution >= 4 is 11.6 Å². The molecule has 3 rings (SSSR count). The summed E-state index contributed by atoms with van der Waals surface area (Å²) in [7, 11) is 1.54. The van der Waals surface area contributed by atoms with Gasteiger partial charge in [0.05, 0.1) is 12.2 Å². The summed E-state index contributed by atoms with van der Waals surface area (Å²) < 4.78 is 9.95. The molecular formula is C19H25N3O4. The molecule has 0 saturated heterocycles. The van der Waals surface area contributed by atoms with E-state index in [4.69, 9.17) is 9.26 Å². The number of hydrogen-bond acceptors (Lipinski definition) is 6. The zero-order valence-electron chi connectivity index (χ0n) is 15.4. The lowest BCUT2D eigenvalue weighted by Gasteiger charge is -2.33. The molecule has 1 aromatic carbocycles. The molecule has 0 spiro atoms. The molecule has 1 aromatic heterocycles. The van der Waals surface area contributed by atoms with E-state index >= 15 is 0 Å². The lowest BCUT2D eigenvalue weighted by atomic mass is 9.96. The van der Waals surface area contributed by atoms with Gasteiger partial charge in [-0.15, -0.1) is 0 Å². The Morgan fingerprint density at radius 3 is 3.00 bits per heavy atom. The van der Waals surface area contributed by atoms with Crippen molar-refractivity contribution in [1.82, 2.24) is 10.1 Å². The summed E-state index contributed by atoms with van der Waals surface area (Å²) in [5.41, 5.74) is 3.24. The highest BCUT2D eigenvalue weighted by molar-refractivity contribution is 6.05. The Morgan fingerprint density at radius 2 is 2.27 bits per heavy atom. The summed E-state index contributed by atoms with van der Waals surface area (Å²) in [4.78, 5) is 14.8. The van der Waals surface area contributed by atoms with Gasteiger partial charge < -0.3 is 19.7 Å². The third kappa shape index (κ3) is 4.30.